The van der Waals surface area contributed by atoms with E-state index < -0.39 is 0 Å². The van der Waals surface area contributed by atoms with Gasteiger partial charge >= 0.3 is 0 Å². The Kier molecular flexibility index (Phi) is 3.99. The predicted molar refractivity (Wildman–Crippen MR) is 86.3 cm³/mol. The Morgan fingerprint density at radius 1 is 1.24 bits per heavy atom. The summed E-state index contributed by atoms with van der Waals surface area (Å²) in [5.74, 6) is -0.166. The predicted octanol–water partition coefficient (Wildman–Crippen LogP) is 4.44. The van der Waals surface area contributed by atoms with Gasteiger partial charge in [-0.3, -0.25) is 4.98 Å². The van der Waals surface area contributed by atoms with Gasteiger partial charge in [-0.05, 0) is 53.7 Å². The maximum absolute atomic E-state index is 13.9. The molecule has 0 saturated carbocycles. The van der Waals surface area contributed by atoms with Crippen molar-refractivity contribution < 1.29 is 4.39 Å². The Labute approximate surface area is 127 Å². The zero-order valence-electron chi connectivity index (χ0n) is 12.1. The molecule has 0 aliphatic heterocycles. The third-order valence-electron chi connectivity index (χ3n) is 3.59. The maximum Gasteiger partial charge on any atom is 0.126 e. The van der Waals surface area contributed by atoms with Crippen LogP contribution in [-0.2, 0) is 0 Å². The molecule has 1 atom stereocenters. The first-order chi connectivity index (χ1) is 10.2. The van der Waals surface area contributed by atoms with E-state index in [1.54, 1.807) is 24.3 Å². The van der Waals surface area contributed by atoms with Crippen LogP contribution in [0, 0.1) is 12.7 Å². The lowest BCUT2D eigenvalue weighted by molar-refractivity contribution is 0.597. The molecule has 0 bridgehead atoms. The molecule has 2 aromatic heterocycles. The second kappa shape index (κ2) is 5.92. The summed E-state index contributed by atoms with van der Waals surface area (Å²) in [5, 5.41) is 5.45. The third-order valence-corrected chi connectivity index (χ3v) is 4.45. The standard InChI is InChI=1S/C17H17FN2S/c1-3-19-17(12-5-4-11(2)14(18)8-12)13-9-16-15(20-10-13)6-7-21-16/h4-10,17,19H,3H2,1-2H3. The number of rotatable bonds is 4. The molecule has 21 heavy (non-hydrogen) atoms. The van der Waals surface area contributed by atoms with Crippen LogP contribution in [0.3, 0.4) is 0 Å². The van der Waals surface area contributed by atoms with Gasteiger partial charge in [0.05, 0.1) is 16.3 Å². The fourth-order valence-corrected chi connectivity index (χ4v) is 3.23. The lowest BCUT2D eigenvalue weighted by atomic mass is 9.98. The normalized spacial score (nSPS) is 12.7. The SMILES string of the molecule is CCNC(c1ccc(C)c(F)c1)c1cnc2ccsc2c1. The lowest BCUT2D eigenvalue weighted by Crippen LogP contribution is -2.22. The summed E-state index contributed by atoms with van der Waals surface area (Å²) in [6.07, 6.45) is 1.88. The van der Waals surface area contributed by atoms with Gasteiger partial charge in [0.1, 0.15) is 5.82 Å². The van der Waals surface area contributed by atoms with Gasteiger partial charge in [-0.1, -0.05) is 19.1 Å². The fraction of sp³-hybridized carbons (Fsp3) is 0.235. The Morgan fingerprint density at radius 2 is 2.10 bits per heavy atom. The summed E-state index contributed by atoms with van der Waals surface area (Å²) in [4.78, 5) is 4.49. The van der Waals surface area contributed by atoms with Crippen LogP contribution in [0.4, 0.5) is 4.39 Å². The molecule has 0 amide bonds. The maximum atomic E-state index is 13.9. The highest BCUT2D eigenvalue weighted by molar-refractivity contribution is 7.17. The fourth-order valence-electron chi connectivity index (χ4n) is 2.44. The number of aromatic nitrogens is 1. The van der Waals surface area contributed by atoms with E-state index in [0.29, 0.717) is 5.56 Å². The summed E-state index contributed by atoms with van der Waals surface area (Å²) < 4.78 is 15.0. The first kappa shape index (κ1) is 14.2. The highest BCUT2D eigenvalue weighted by atomic mass is 32.1. The summed E-state index contributed by atoms with van der Waals surface area (Å²) in [6, 6.07) is 9.53. The number of nitrogens with one attached hydrogen (secondary N) is 1. The van der Waals surface area contributed by atoms with Crippen LogP contribution in [0.25, 0.3) is 10.2 Å². The largest absolute Gasteiger partial charge is 0.306 e. The molecule has 4 heteroatoms. The van der Waals surface area contributed by atoms with Crippen LogP contribution in [-0.4, -0.2) is 11.5 Å². The van der Waals surface area contributed by atoms with Crippen molar-refractivity contribution in [3.8, 4) is 0 Å². The van der Waals surface area contributed by atoms with Crippen molar-refractivity contribution in [3.63, 3.8) is 0 Å². The first-order valence-electron chi connectivity index (χ1n) is 7.01. The van der Waals surface area contributed by atoms with Crippen molar-refractivity contribution in [2.75, 3.05) is 6.54 Å². The number of thiophene rings is 1. The number of halogens is 1. The average Bonchev–Trinajstić information content (AvgIpc) is 2.95. The summed E-state index contributed by atoms with van der Waals surface area (Å²) >= 11 is 1.67. The van der Waals surface area contributed by atoms with Gasteiger partial charge < -0.3 is 5.32 Å². The third kappa shape index (κ3) is 2.82. The van der Waals surface area contributed by atoms with E-state index in [-0.39, 0.29) is 11.9 Å². The van der Waals surface area contributed by atoms with Gasteiger partial charge in [0.25, 0.3) is 0 Å². The lowest BCUT2D eigenvalue weighted by Gasteiger charge is -2.19. The van der Waals surface area contributed by atoms with Crippen LogP contribution in [0.1, 0.15) is 29.7 Å². The van der Waals surface area contributed by atoms with Crippen LogP contribution < -0.4 is 5.32 Å². The van der Waals surface area contributed by atoms with Crippen LogP contribution in [0.2, 0.25) is 0 Å². The summed E-state index contributed by atoms with van der Waals surface area (Å²) in [6.45, 7) is 4.64. The molecule has 0 spiro atoms. The van der Waals surface area contributed by atoms with Crippen molar-refractivity contribution in [1.82, 2.24) is 10.3 Å². The zero-order chi connectivity index (χ0) is 14.8. The molecule has 0 fully saturated rings. The van der Waals surface area contributed by atoms with E-state index in [0.717, 1.165) is 27.9 Å². The van der Waals surface area contributed by atoms with E-state index >= 15 is 0 Å². The Balaban J connectivity index is 2.05. The highest BCUT2D eigenvalue weighted by Crippen LogP contribution is 2.27. The van der Waals surface area contributed by atoms with E-state index in [1.165, 1.54) is 0 Å². The molecule has 0 radical (unpaired) electrons. The molecule has 0 saturated heterocycles. The minimum Gasteiger partial charge on any atom is -0.306 e. The Hall–Kier alpha value is -1.78. The van der Waals surface area contributed by atoms with Crippen molar-refractivity contribution in [3.05, 3.63) is 64.4 Å². The van der Waals surface area contributed by atoms with E-state index in [2.05, 4.69) is 23.3 Å². The number of nitrogens with zero attached hydrogens (tertiary/aromatic N) is 1. The second-order valence-electron chi connectivity index (χ2n) is 5.07. The molecule has 1 unspecified atom stereocenters. The average molecular weight is 300 g/mol. The van der Waals surface area contributed by atoms with Gasteiger partial charge in [0.15, 0.2) is 0 Å². The first-order valence-corrected chi connectivity index (χ1v) is 7.89. The van der Waals surface area contributed by atoms with E-state index in [9.17, 15) is 4.39 Å². The quantitative estimate of drug-likeness (QED) is 0.770. The molecule has 1 N–H and O–H groups in total. The molecule has 2 heterocycles. The molecule has 3 aromatic rings. The Bertz CT molecular complexity index is 766. The number of aryl methyl sites for hydroxylation is 1. The number of hydrogen-bond acceptors (Lipinski definition) is 3. The van der Waals surface area contributed by atoms with Crippen LogP contribution in [0.5, 0.6) is 0 Å². The molecule has 3 rings (SSSR count). The number of fused-ring (bicyclic) bond motifs is 1. The van der Waals surface area contributed by atoms with Gasteiger partial charge in [-0.25, -0.2) is 4.39 Å². The second-order valence-corrected chi connectivity index (χ2v) is 6.02. The Morgan fingerprint density at radius 3 is 2.86 bits per heavy atom. The monoisotopic (exact) mass is 300 g/mol. The zero-order valence-corrected chi connectivity index (χ0v) is 12.9. The van der Waals surface area contributed by atoms with Crippen molar-refractivity contribution in [1.29, 1.82) is 0 Å². The van der Waals surface area contributed by atoms with Gasteiger partial charge in [0.2, 0.25) is 0 Å². The van der Waals surface area contributed by atoms with Crippen molar-refractivity contribution in [2.24, 2.45) is 0 Å². The van der Waals surface area contributed by atoms with Gasteiger partial charge in [-0.2, -0.15) is 0 Å². The topological polar surface area (TPSA) is 24.9 Å². The molecular weight excluding hydrogens is 283 g/mol. The van der Waals surface area contributed by atoms with Crippen molar-refractivity contribution in [2.45, 2.75) is 19.9 Å². The van der Waals surface area contributed by atoms with E-state index in [1.807, 2.05) is 29.8 Å². The molecule has 0 aliphatic carbocycles. The molecule has 1 aromatic carbocycles. The van der Waals surface area contributed by atoms with Gasteiger partial charge in [-0.15, -0.1) is 11.3 Å². The summed E-state index contributed by atoms with van der Waals surface area (Å²) in [5.41, 5.74) is 3.67. The smallest absolute Gasteiger partial charge is 0.126 e. The summed E-state index contributed by atoms with van der Waals surface area (Å²) in [7, 11) is 0. The minimum atomic E-state index is -0.166. The highest BCUT2D eigenvalue weighted by Gasteiger charge is 2.15. The van der Waals surface area contributed by atoms with Crippen LogP contribution >= 0.6 is 11.3 Å². The molecule has 2 nitrogen and oxygen atoms in total. The number of pyridine rings is 1. The van der Waals surface area contributed by atoms with Crippen molar-refractivity contribution >= 4 is 21.6 Å². The number of benzene rings is 1. The van der Waals surface area contributed by atoms with Crippen LogP contribution in [0.15, 0.2) is 41.9 Å². The molecule has 108 valence electrons. The molecular formula is C17H17FN2S. The van der Waals surface area contributed by atoms with Gasteiger partial charge in [0, 0.05) is 6.20 Å². The van der Waals surface area contributed by atoms with E-state index in [4.69, 9.17) is 0 Å². The number of hydrogen-bond donors (Lipinski definition) is 1. The molecule has 0 aliphatic rings. The minimum absolute atomic E-state index is 0.0379.